The van der Waals surface area contributed by atoms with Crippen LogP contribution in [0, 0.1) is 0 Å². The number of carbonyl (C=O) groups excluding carboxylic acids is 1. The first kappa shape index (κ1) is 21.0. The summed E-state index contributed by atoms with van der Waals surface area (Å²) >= 11 is 0. The van der Waals surface area contributed by atoms with E-state index in [0.717, 1.165) is 29.3 Å². The maximum atomic E-state index is 12.8. The fourth-order valence-corrected chi connectivity index (χ4v) is 4.69. The number of ether oxygens (including phenoxy) is 1. The molecule has 1 saturated heterocycles. The minimum atomic E-state index is -3.67. The zero-order chi connectivity index (χ0) is 21.0. The molecule has 1 aliphatic heterocycles. The van der Waals surface area contributed by atoms with Crippen LogP contribution >= 0.6 is 0 Å². The van der Waals surface area contributed by atoms with Gasteiger partial charge in [0.15, 0.2) is 0 Å². The molecule has 1 aliphatic rings. The summed E-state index contributed by atoms with van der Waals surface area (Å²) in [5.74, 6) is 0.206. The van der Waals surface area contributed by atoms with E-state index in [2.05, 4.69) is 10.2 Å². The highest BCUT2D eigenvalue weighted by Gasteiger charge is 2.29. The number of rotatable bonds is 7. The van der Waals surface area contributed by atoms with Crippen molar-refractivity contribution < 1.29 is 17.9 Å². The average Bonchev–Trinajstić information content (AvgIpc) is 3.23. The third kappa shape index (κ3) is 5.00. The first-order chi connectivity index (χ1) is 13.8. The number of nitrogens with one attached hydrogen (secondary N) is 1. The molecule has 1 N–H and O–H groups in total. The number of benzene rings is 2. The number of sulfonamides is 1. The van der Waals surface area contributed by atoms with Crippen molar-refractivity contribution in [2.45, 2.75) is 25.8 Å². The Morgan fingerprint density at radius 3 is 2.17 bits per heavy atom. The van der Waals surface area contributed by atoms with Crippen molar-refractivity contribution in [1.29, 1.82) is 0 Å². The summed E-state index contributed by atoms with van der Waals surface area (Å²) in [6, 6.07) is 13.3. The number of hydrogen-bond acceptors (Lipinski definition) is 5. The normalized spacial score (nSPS) is 15.1. The lowest BCUT2D eigenvalue weighted by molar-refractivity contribution is -0.116. The fraction of sp³-hybridized carbons (Fsp3) is 0.381. The summed E-state index contributed by atoms with van der Waals surface area (Å²) in [6.45, 7) is 3.67. The van der Waals surface area contributed by atoms with Crippen molar-refractivity contribution in [3.8, 4) is 5.75 Å². The summed E-state index contributed by atoms with van der Waals surface area (Å²) in [6.07, 6.45) is 3.48. The second kappa shape index (κ2) is 8.73. The van der Waals surface area contributed by atoms with Crippen LogP contribution in [-0.4, -0.2) is 46.8 Å². The molecule has 0 bridgehead atoms. The summed E-state index contributed by atoms with van der Waals surface area (Å²) in [4.78, 5) is 15.1. The first-order valence-electron chi connectivity index (χ1n) is 9.59. The lowest BCUT2D eigenvalue weighted by Crippen LogP contribution is -2.45. The summed E-state index contributed by atoms with van der Waals surface area (Å²) < 4.78 is 31.0. The Bertz CT molecular complexity index is 937. The zero-order valence-corrected chi connectivity index (χ0v) is 17.8. The number of hydrogen-bond donors (Lipinski definition) is 1. The van der Waals surface area contributed by atoms with Crippen LogP contribution in [0.2, 0.25) is 0 Å². The van der Waals surface area contributed by atoms with Crippen LogP contribution in [0.5, 0.6) is 5.75 Å². The van der Waals surface area contributed by atoms with Crippen LogP contribution in [0.4, 0.5) is 17.1 Å². The summed E-state index contributed by atoms with van der Waals surface area (Å²) in [5.41, 5.74) is 2.16. The summed E-state index contributed by atoms with van der Waals surface area (Å²) in [7, 11) is -2.13. The van der Waals surface area contributed by atoms with Gasteiger partial charge in [-0.25, -0.2) is 8.42 Å². The molecule has 0 aliphatic carbocycles. The van der Waals surface area contributed by atoms with Crippen LogP contribution in [0.1, 0.15) is 19.8 Å². The van der Waals surface area contributed by atoms with E-state index < -0.39 is 22.0 Å². The lowest BCUT2D eigenvalue weighted by Gasteiger charge is -2.28. The van der Waals surface area contributed by atoms with Crippen LogP contribution in [0.15, 0.2) is 48.5 Å². The van der Waals surface area contributed by atoms with Gasteiger partial charge >= 0.3 is 0 Å². The smallest absolute Gasteiger partial charge is 0.247 e. The van der Waals surface area contributed by atoms with E-state index in [9.17, 15) is 13.2 Å². The Morgan fingerprint density at radius 1 is 1.07 bits per heavy atom. The molecular weight excluding hydrogens is 390 g/mol. The Labute approximate surface area is 172 Å². The Balaban J connectivity index is 1.75. The minimum Gasteiger partial charge on any atom is -0.497 e. The molecule has 1 fully saturated rings. The van der Waals surface area contributed by atoms with Gasteiger partial charge in [0.05, 0.1) is 19.1 Å². The molecule has 0 radical (unpaired) electrons. The van der Waals surface area contributed by atoms with Crippen molar-refractivity contribution in [2.75, 3.05) is 41.0 Å². The van der Waals surface area contributed by atoms with Crippen LogP contribution in [0.25, 0.3) is 0 Å². The second-order valence-electron chi connectivity index (χ2n) is 7.16. The van der Waals surface area contributed by atoms with Crippen LogP contribution in [0.3, 0.4) is 0 Å². The number of nitrogens with zero attached hydrogens (tertiary/aromatic N) is 2. The molecule has 0 aromatic heterocycles. The molecule has 2 aromatic carbocycles. The van der Waals surface area contributed by atoms with E-state index >= 15 is 0 Å². The molecule has 29 heavy (non-hydrogen) atoms. The highest BCUT2D eigenvalue weighted by atomic mass is 32.2. The fourth-order valence-electron chi connectivity index (χ4n) is 3.52. The maximum absolute atomic E-state index is 12.8. The predicted molar refractivity (Wildman–Crippen MR) is 116 cm³/mol. The molecule has 7 nitrogen and oxygen atoms in total. The molecule has 0 spiro atoms. The minimum absolute atomic E-state index is 0.403. The molecule has 156 valence electrons. The van der Waals surface area contributed by atoms with Crippen molar-refractivity contribution in [3.63, 3.8) is 0 Å². The third-order valence-corrected chi connectivity index (χ3v) is 6.26. The molecule has 0 unspecified atom stereocenters. The quantitative estimate of drug-likeness (QED) is 0.749. The standard InChI is InChI=1S/C21H27N3O4S/c1-16(24(29(3,26)27)19-10-12-20(28-2)13-11-19)21(25)22-17-6-8-18(9-7-17)23-14-4-5-15-23/h6-13,16H,4-5,14-15H2,1-3H3,(H,22,25)/t16-/m0/s1. The summed E-state index contributed by atoms with van der Waals surface area (Å²) in [5, 5.41) is 2.82. The molecule has 1 atom stereocenters. The van der Waals surface area contributed by atoms with Gasteiger partial charge in [-0.1, -0.05) is 0 Å². The van der Waals surface area contributed by atoms with Gasteiger partial charge in [-0.2, -0.15) is 0 Å². The van der Waals surface area contributed by atoms with E-state index in [4.69, 9.17) is 4.74 Å². The van der Waals surface area contributed by atoms with E-state index in [1.807, 2.05) is 24.3 Å². The molecule has 1 heterocycles. The number of methoxy groups -OCH3 is 1. The predicted octanol–water partition coefficient (Wildman–Crippen LogP) is 3.09. The second-order valence-corrected chi connectivity index (χ2v) is 9.02. The van der Waals surface area contributed by atoms with Crippen molar-refractivity contribution >= 4 is 33.0 Å². The average molecular weight is 418 g/mol. The first-order valence-corrected chi connectivity index (χ1v) is 11.4. The van der Waals surface area contributed by atoms with Gasteiger partial charge in [0, 0.05) is 24.5 Å². The monoisotopic (exact) mass is 417 g/mol. The number of amides is 1. The topological polar surface area (TPSA) is 79.0 Å². The molecule has 1 amide bonds. The van der Waals surface area contributed by atoms with Gasteiger partial charge in [0.2, 0.25) is 15.9 Å². The SMILES string of the molecule is COc1ccc(N([C@@H](C)C(=O)Nc2ccc(N3CCCC3)cc2)S(C)(=O)=O)cc1. The van der Waals surface area contributed by atoms with Crippen LogP contribution in [-0.2, 0) is 14.8 Å². The van der Waals surface area contributed by atoms with Gasteiger partial charge in [0.25, 0.3) is 0 Å². The lowest BCUT2D eigenvalue weighted by atomic mass is 10.2. The molecular formula is C21H27N3O4S. The molecule has 3 rings (SSSR count). The number of anilines is 3. The molecule has 8 heteroatoms. The Morgan fingerprint density at radius 2 is 1.66 bits per heavy atom. The van der Waals surface area contributed by atoms with E-state index in [1.54, 1.807) is 31.2 Å². The zero-order valence-electron chi connectivity index (χ0n) is 17.0. The van der Waals surface area contributed by atoms with Gasteiger partial charge in [-0.05, 0) is 68.3 Å². The Kier molecular flexibility index (Phi) is 6.32. The number of carbonyl (C=O) groups is 1. The molecule has 2 aromatic rings. The van der Waals surface area contributed by atoms with Crippen molar-refractivity contribution in [1.82, 2.24) is 0 Å². The van der Waals surface area contributed by atoms with Crippen LogP contribution < -0.4 is 19.3 Å². The van der Waals surface area contributed by atoms with Crippen molar-refractivity contribution in [3.05, 3.63) is 48.5 Å². The largest absolute Gasteiger partial charge is 0.497 e. The van der Waals surface area contributed by atoms with E-state index in [1.165, 1.54) is 20.0 Å². The van der Waals surface area contributed by atoms with Gasteiger partial charge in [0.1, 0.15) is 11.8 Å². The molecule has 0 saturated carbocycles. The highest BCUT2D eigenvalue weighted by molar-refractivity contribution is 7.92. The van der Waals surface area contributed by atoms with E-state index in [-0.39, 0.29) is 0 Å². The van der Waals surface area contributed by atoms with Gasteiger partial charge in [-0.15, -0.1) is 0 Å². The van der Waals surface area contributed by atoms with Crippen molar-refractivity contribution in [2.24, 2.45) is 0 Å². The maximum Gasteiger partial charge on any atom is 0.247 e. The third-order valence-electron chi connectivity index (χ3n) is 5.02. The van der Waals surface area contributed by atoms with E-state index in [0.29, 0.717) is 17.1 Å². The Hall–Kier alpha value is -2.74. The highest BCUT2D eigenvalue weighted by Crippen LogP contribution is 2.25. The van der Waals surface area contributed by atoms with Gasteiger partial charge < -0.3 is 15.0 Å². The van der Waals surface area contributed by atoms with Gasteiger partial charge in [-0.3, -0.25) is 9.10 Å².